The molecular weight excluding hydrogens is 306 g/mol. The predicted molar refractivity (Wildman–Crippen MR) is 85.6 cm³/mol. The molecule has 4 nitrogen and oxygen atoms in total. The Morgan fingerprint density at radius 1 is 1.52 bits per heavy atom. The van der Waals surface area contributed by atoms with Gasteiger partial charge in [0.05, 0.1) is 22.8 Å². The summed E-state index contributed by atoms with van der Waals surface area (Å²) in [5.74, 6) is 0. The lowest BCUT2D eigenvalue weighted by molar-refractivity contribution is 0.0761. The predicted octanol–water partition coefficient (Wildman–Crippen LogP) is 4.38. The van der Waals surface area contributed by atoms with Gasteiger partial charge in [0.2, 0.25) is 0 Å². The molecule has 0 spiro atoms. The van der Waals surface area contributed by atoms with Crippen molar-refractivity contribution in [2.24, 2.45) is 0 Å². The highest BCUT2D eigenvalue weighted by Gasteiger charge is 2.10. The van der Waals surface area contributed by atoms with E-state index in [0.717, 1.165) is 16.4 Å². The molecule has 0 amide bonds. The summed E-state index contributed by atoms with van der Waals surface area (Å²) >= 11 is 7.50. The van der Waals surface area contributed by atoms with Crippen LogP contribution in [-0.2, 0) is 11.3 Å². The number of anilines is 1. The summed E-state index contributed by atoms with van der Waals surface area (Å²) in [6.07, 6.45) is 0.0227. The van der Waals surface area contributed by atoms with Gasteiger partial charge in [-0.2, -0.15) is 5.26 Å². The van der Waals surface area contributed by atoms with Crippen molar-refractivity contribution in [2.45, 2.75) is 26.5 Å². The number of nitrogens with zero attached hydrogens (tertiary/aromatic N) is 2. The molecule has 110 valence electrons. The maximum atomic E-state index is 8.96. The molecular formula is C15H16ClN3OS. The molecule has 1 unspecified atom stereocenters. The Morgan fingerprint density at radius 2 is 2.33 bits per heavy atom. The number of halogens is 1. The van der Waals surface area contributed by atoms with Crippen molar-refractivity contribution in [1.29, 1.82) is 5.26 Å². The molecule has 0 bridgehead atoms. The molecule has 0 radical (unpaired) electrons. The summed E-state index contributed by atoms with van der Waals surface area (Å²) in [5, 5.41) is 15.6. The second-order valence-electron chi connectivity index (χ2n) is 4.43. The molecule has 0 saturated carbocycles. The minimum absolute atomic E-state index is 0.0227. The fraction of sp³-hybridized carbons (Fsp3) is 0.333. The van der Waals surface area contributed by atoms with Crippen molar-refractivity contribution in [3.05, 3.63) is 44.9 Å². The minimum Gasteiger partial charge on any atom is -0.379 e. The highest BCUT2D eigenvalue weighted by molar-refractivity contribution is 7.09. The molecule has 0 aliphatic rings. The van der Waals surface area contributed by atoms with Crippen molar-refractivity contribution in [2.75, 3.05) is 11.9 Å². The van der Waals surface area contributed by atoms with Crippen LogP contribution >= 0.6 is 22.9 Å². The first-order valence-electron chi connectivity index (χ1n) is 6.63. The molecule has 21 heavy (non-hydrogen) atoms. The number of rotatable bonds is 6. The second-order valence-corrected chi connectivity index (χ2v) is 5.73. The lowest BCUT2D eigenvalue weighted by atomic mass is 10.2. The minimum atomic E-state index is 0.0227. The summed E-state index contributed by atoms with van der Waals surface area (Å²) in [4.78, 5) is 4.54. The van der Waals surface area contributed by atoms with Gasteiger partial charge in [0.1, 0.15) is 17.2 Å². The number of ether oxygens (including phenoxy) is 1. The summed E-state index contributed by atoms with van der Waals surface area (Å²) in [7, 11) is 0. The first-order chi connectivity index (χ1) is 10.1. The Labute approximate surface area is 133 Å². The van der Waals surface area contributed by atoms with Gasteiger partial charge in [-0.05, 0) is 32.0 Å². The van der Waals surface area contributed by atoms with E-state index >= 15 is 0 Å². The van der Waals surface area contributed by atoms with Gasteiger partial charge in [-0.15, -0.1) is 11.3 Å². The van der Waals surface area contributed by atoms with Gasteiger partial charge in [0.15, 0.2) is 0 Å². The van der Waals surface area contributed by atoms with Gasteiger partial charge < -0.3 is 10.1 Å². The molecule has 0 fully saturated rings. The standard InChI is InChI=1S/C15H16ClN3OS/c1-3-20-10(2)15-19-13(9-21-15)8-18-12-4-5-14(16)11(6-12)7-17/h4-6,9-10,18H,3,8H2,1-2H3. The largest absolute Gasteiger partial charge is 0.379 e. The zero-order valence-electron chi connectivity index (χ0n) is 11.9. The average molecular weight is 322 g/mol. The van der Waals surface area contributed by atoms with Crippen LogP contribution in [0.1, 0.15) is 36.2 Å². The number of thiazole rings is 1. The van der Waals surface area contributed by atoms with Crippen LogP contribution in [0.3, 0.4) is 0 Å². The van der Waals surface area contributed by atoms with Crippen LogP contribution in [0.25, 0.3) is 0 Å². The number of aromatic nitrogens is 1. The zero-order chi connectivity index (χ0) is 15.2. The SMILES string of the molecule is CCOC(C)c1nc(CNc2ccc(Cl)c(C#N)c2)cs1. The molecule has 2 rings (SSSR count). The molecule has 1 atom stereocenters. The van der Waals surface area contributed by atoms with E-state index < -0.39 is 0 Å². The number of benzene rings is 1. The van der Waals surface area contributed by atoms with Gasteiger partial charge in [-0.1, -0.05) is 11.6 Å². The smallest absolute Gasteiger partial charge is 0.122 e. The van der Waals surface area contributed by atoms with Gasteiger partial charge in [-0.25, -0.2) is 4.98 Å². The molecule has 0 aliphatic carbocycles. The van der Waals surface area contributed by atoms with E-state index in [1.807, 2.05) is 25.3 Å². The lowest BCUT2D eigenvalue weighted by Gasteiger charge is -2.07. The van der Waals surface area contributed by atoms with Crippen LogP contribution in [0, 0.1) is 11.3 Å². The Morgan fingerprint density at radius 3 is 3.05 bits per heavy atom. The lowest BCUT2D eigenvalue weighted by Crippen LogP contribution is -2.02. The molecule has 1 heterocycles. The van der Waals surface area contributed by atoms with E-state index in [4.69, 9.17) is 21.6 Å². The third-order valence-corrected chi connectivity index (χ3v) is 4.28. The number of hydrogen-bond acceptors (Lipinski definition) is 5. The third kappa shape index (κ3) is 4.18. The van der Waals surface area contributed by atoms with Gasteiger partial charge in [-0.3, -0.25) is 0 Å². The van der Waals surface area contributed by atoms with E-state index in [1.165, 1.54) is 0 Å². The summed E-state index contributed by atoms with van der Waals surface area (Å²) < 4.78 is 5.52. The Balaban J connectivity index is 1.99. The summed E-state index contributed by atoms with van der Waals surface area (Å²) in [5.41, 5.74) is 2.27. The fourth-order valence-electron chi connectivity index (χ4n) is 1.83. The topological polar surface area (TPSA) is 57.9 Å². The molecule has 0 aliphatic heterocycles. The van der Waals surface area contributed by atoms with Crippen molar-refractivity contribution in [3.63, 3.8) is 0 Å². The maximum absolute atomic E-state index is 8.96. The maximum Gasteiger partial charge on any atom is 0.122 e. The fourth-order valence-corrected chi connectivity index (χ4v) is 2.81. The Kier molecular flexibility index (Phi) is 5.57. The van der Waals surface area contributed by atoms with Crippen LogP contribution in [-0.4, -0.2) is 11.6 Å². The van der Waals surface area contributed by atoms with Crippen molar-refractivity contribution in [1.82, 2.24) is 4.98 Å². The first-order valence-corrected chi connectivity index (χ1v) is 7.89. The zero-order valence-corrected chi connectivity index (χ0v) is 13.5. The van der Waals surface area contributed by atoms with Gasteiger partial charge in [0, 0.05) is 17.7 Å². The van der Waals surface area contributed by atoms with Crippen LogP contribution < -0.4 is 5.32 Å². The number of hydrogen-bond donors (Lipinski definition) is 1. The first kappa shape index (κ1) is 15.8. The highest BCUT2D eigenvalue weighted by Crippen LogP contribution is 2.23. The van der Waals surface area contributed by atoms with E-state index in [1.54, 1.807) is 23.5 Å². The van der Waals surface area contributed by atoms with Crippen molar-refractivity contribution >= 4 is 28.6 Å². The van der Waals surface area contributed by atoms with E-state index in [9.17, 15) is 0 Å². The molecule has 1 N–H and O–H groups in total. The van der Waals surface area contributed by atoms with Crippen LogP contribution in [0.15, 0.2) is 23.6 Å². The Bertz CT molecular complexity index is 651. The highest BCUT2D eigenvalue weighted by atomic mass is 35.5. The van der Waals surface area contributed by atoms with Crippen molar-refractivity contribution < 1.29 is 4.74 Å². The number of nitriles is 1. The van der Waals surface area contributed by atoms with E-state index in [2.05, 4.69) is 16.4 Å². The monoisotopic (exact) mass is 321 g/mol. The third-order valence-electron chi connectivity index (χ3n) is 2.89. The number of nitrogens with one attached hydrogen (secondary N) is 1. The molecule has 0 saturated heterocycles. The quantitative estimate of drug-likeness (QED) is 0.857. The van der Waals surface area contributed by atoms with Crippen LogP contribution in [0.2, 0.25) is 5.02 Å². The Hall–Kier alpha value is -1.61. The molecule has 6 heteroatoms. The molecule has 1 aromatic heterocycles. The summed E-state index contributed by atoms with van der Waals surface area (Å²) in [6, 6.07) is 7.36. The van der Waals surface area contributed by atoms with E-state index in [0.29, 0.717) is 23.7 Å². The average Bonchev–Trinajstić information content (AvgIpc) is 2.95. The van der Waals surface area contributed by atoms with Crippen LogP contribution in [0.4, 0.5) is 5.69 Å². The van der Waals surface area contributed by atoms with E-state index in [-0.39, 0.29) is 6.10 Å². The normalized spacial score (nSPS) is 11.9. The van der Waals surface area contributed by atoms with Crippen molar-refractivity contribution in [3.8, 4) is 6.07 Å². The second kappa shape index (κ2) is 7.41. The molecule has 2 aromatic rings. The molecule has 1 aromatic carbocycles. The summed E-state index contributed by atoms with van der Waals surface area (Å²) in [6.45, 7) is 5.25. The van der Waals surface area contributed by atoms with Gasteiger partial charge >= 0.3 is 0 Å². The van der Waals surface area contributed by atoms with Gasteiger partial charge in [0.25, 0.3) is 0 Å². The van der Waals surface area contributed by atoms with Crippen LogP contribution in [0.5, 0.6) is 0 Å².